The second-order valence-electron chi connectivity index (χ2n) is 7.82. The van der Waals surface area contributed by atoms with Crippen molar-refractivity contribution in [1.29, 1.82) is 0 Å². The van der Waals surface area contributed by atoms with Gasteiger partial charge < -0.3 is 10.6 Å². The number of primary amides is 1. The third kappa shape index (κ3) is 3.63. The largest absolute Gasteiger partial charge is 0.368 e. The van der Waals surface area contributed by atoms with Gasteiger partial charge in [-0.05, 0) is 31.9 Å². The molecule has 9 nitrogen and oxygen atoms in total. The number of carbonyl (C=O) groups is 1. The highest BCUT2D eigenvalue weighted by atomic mass is 16.1. The van der Waals surface area contributed by atoms with E-state index in [4.69, 9.17) is 5.73 Å². The molecule has 0 aromatic carbocycles. The molecular formula is C21H23N8O. The highest BCUT2D eigenvalue weighted by Crippen LogP contribution is 2.29. The normalized spacial score (nSPS) is 17.3. The summed E-state index contributed by atoms with van der Waals surface area (Å²) in [5.74, 6) is -0.607. The molecule has 0 unspecified atom stereocenters. The van der Waals surface area contributed by atoms with Crippen molar-refractivity contribution in [3.8, 4) is 16.9 Å². The first-order chi connectivity index (χ1) is 14.6. The first-order valence-corrected chi connectivity index (χ1v) is 10.1. The maximum absolute atomic E-state index is 11.3. The fourth-order valence-corrected chi connectivity index (χ4v) is 3.90. The Bertz CT molecular complexity index is 1080. The summed E-state index contributed by atoms with van der Waals surface area (Å²) in [6, 6.07) is 7.37. The Morgan fingerprint density at radius 3 is 2.70 bits per heavy atom. The minimum Gasteiger partial charge on any atom is -0.368 e. The van der Waals surface area contributed by atoms with Crippen molar-refractivity contribution in [2.75, 3.05) is 31.1 Å². The van der Waals surface area contributed by atoms with Crippen molar-refractivity contribution < 1.29 is 4.79 Å². The smallest absolute Gasteiger partial charge is 0.267 e. The second-order valence-corrected chi connectivity index (χ2v) is 7.82. The van der Waals surface area contributed by atoms with Crippen molar-refractivity contribution in [2.24, 2.45) is 5.73 Å². The zero-order valence-corrected chi connectivity index (χ0v) is 16.8. The van der Waals surface area contributed by atoms with Gasteiger partial charge in [-0.25, -0.2) is 9.67 Å². The Balaban J connectivity index is 1.35. The summed E-state index contributed by atoms with van der Waals surface area (Å²) >= 11 is 0. The Labute approximate surface area is 174 Å². The predicted molar refractivity (Wildman–Crippen MR) is 111 cm³/mol. The van der Waals surface area contributed by atoms with Crippen LogP contribution in [0.5, 0.6) is 0 Å². The standard InChI is InChI=1S/C21H23N8O/c1-14-20(5-4-18(24-14)21(22)30)29-13-19(25-26-29)15-10-17(12-23-11-15)28-8-6-27(7-9-28)16-2-3-16/h5,10-13,16H,2-3,6-9H2,1H3,(H2,22,30). The Hall–Kier alpha value is -3.33. The zero-order chi connectivity index (χ0) is 20.7. The number of hydrogen-bond donors (Lipinski definition) is 1. The van der Waals surface area contributed by atoms with E-state index in [2.05, 4.69) is 42.2 Å². The number of pyridine rings is 2. The summed E-state index contributed by atoms with van der Waals surface area (Å²) in [6.07, 6.45) is 8.24. The average Bonchev–Trinajstić information content (AvgIpc) is 3.50. The molecule has 1 aliphatic heterocycles. The van der Waals surface area contributed by atoms with Crippen LogP contribution in [0.15, 0.2) is 30.7 Å². The number of aromatic nitrogens is 5. The summed E-state index contributed by atoms with van der Waals surface area (Å²) in [5.41, 5.74) is 9.43. The van der Waals surface area contributed by atoms with E-state index in [0.717, 1.165) is 49.2 Å². The summed E-state index contributed by atoms with van der Waals surface area (Å²) in [4.78, 5) is 24.9. The van der Waals surface area contributed by atoms with E-state index in [1.165, 1.54) is 12.8 Å². The topological polar surface area (TPSA) is 106 Å². The number of nitrogens with two attached hydrogens (primary N) is 1. The van der Waals surface area contributed by atoms with Crippen LogP contribution in [0.25, 0.3) is 16.9 Å². The lowest BCUT2D eigenvalue weighted by Gasteiger charge is -2.36. The molecule has 0 atom stereocenters. The fourth-order valence-electron chi connectivity index (χ4n) is 3.90. The molecule has 2 aliphatic rings. The molecule has 4 heterocycles. The van der Waals surface area contributed by atoms with Crippen molar-refractivity contribution in [3.05, 3.63) is 48.2 Å². The molecule has 1 aliphatic carbocycles. The number of piperazine rings is 1. The van der Waals surface area contributed by atoms with Gasteiger partial charge in [0, 0.05) is 50.0 Å². The van der Waals surface area contributed by atoms with Crippen LogP contribution in [0.4, 0.5) is 5.69 Å². The maximum atomic E-state index is 11.3. The first-order valence-electron chi connectivity index (χ1n) is 10.1. The lowest BCUT2D eigenvalue weighted by atomic mass is 10.2. The quantitative estimate of drug-likeness (QED) is 0.683. The Morgan fingerprint density at radius 1 is 1.20 bits per heavy atom. The van der Waals surface area contributed by atoms with Gasteiger partial charge in [0.1, 0.15) is 11.4 Å². The minimum absolute atomic E-state index is 0.107. The third-order valence-electron chi connectivity index (χ3n) is 5.73. The van der Waals surface area contributed by atoms with E-state index in [1.54, 1.807) is 23.9 Å². The van der Waals surface area contributed by atoms with Crippen LogP contribution in [0.2, 0.25) is 0 Å². The van der Waals surface area contributed by atoms with Crippen molar-refractivity contribution in [2.45, 2.75) is 25.8 Å². The van der Waals surface area contributed by atoms with Crippen LogP contribution in [-0.2, 0) is 0 Å². The van der Waals surface area contributed by atoms with Crippen molar-refractivity contribution in [1.82, 2.24) is 29.9 Å². The number of nitrogens with zero attached hydrogens (tertiary/aromatic N) is 7. The van der Waals surface area contributed by atoms with Gasteiger partial charge in [-0.2, -0.15) is 0 Å². The molecule has 1 saturated heterocycles. The molecule has 3 aromatic rings. The predicted octanol–water partition coefficient (Wildman–Crippen LogP) is 1.22. The van der Waals surface area contributed by atoms with E-state index < -0.39 is 5.91 Å². The summed E-state index contributed by atoms with van der Waals surface area (Å²) < 4.78 is 1.63. The van der Waals surface area contributed by atoms with Crippen molar-refractivity contribution in [3.63, 3.8) is 0 Å². The lowest BCUT2D eigenvalue weighted by molar-refractivity contribution is 0.0995. The number of rotatable bonds is 5. The van der Waals surface area contributed by atoms with Crippen LogP contribution >= 0.6 is 0 Å². The number of hydrogen-bond acceptors (Lipinski definition) is 7. The average molecular weight is 403 g/mol. The summed E-state index contributed by atoms with van der Waals surface area (Å²) in [7, 11) is 0. The Kier molecular flexibility index (Phi) is 4.66. The van der Waals surface area contributed by atoms with Gasteiger partial charge in [0.2, 0.25) is 0 Å². The minimum atomic E-state index is -0.607. The van der Waals surface area contributed by atoms with Crippen LogP contribution in [-0.4, -0.2) is 68.0 Å². The monoisotopic (exact) mass is 403 g/mol. The number of anilines is 1. The third-order valence-corrected chi connectivity index (χ3v) is 5.73. The van der Waals surface area contributed by atoms with Gasteiger partial charge in [-0.3, -0.25) is 14.7 Å². The van der Waals surface area contributed by atoms with Gasteiger partial charge in [0.25, 0.3) is 5.91 Å². The van der Waals surface area contributed by atoms with Gasteiger partial charge in [0.15, 0.2) is 0 Å². The summed E-state index contributed by atoms with van der Waals surface area (Å²) in [5, 5.41) is 8.52. The molecule has 1 radical (unpaired) electrons. The van der Waals surface area contributed by atoms with Crippen LogP contribution in [0.3, 0.4) is 0 Å². The highest BCUT2D eigenvalue weighted by molar-refractivity contribution is 5.90. The molecule has 2 N–H and O–H groups in total. The maximum Gasteiger partial charge on any atom is 0.267 e. The van der Waals surface area contributed by atoms with Gasteiger partial charge >= 0.3 is 0 Å². The van der Waals surface area contributed by atoms with Gasteiger partial charge in [-0.1, -0.05) is 5.21 Å². The van der Waals surface area contributed by atoms with E-state index in [1.807, 2.05) is 12.4 Å². The molecule has 9 heteroatoms. The molecule has 3 aromatic heterocycles. The van der Waals surface area contributed by atoms with Crippen LogP contribution in [0.1, 0.15) is 29.0 Å². The molecular weight excluding hydrogens is 380 g/mol. The van der Waals surface area contributed by atoms with E-state index in [9.17, 15) is 4.79 Å². The van der Waals surface area contributed by atoms with Crippen molar-refractivity contribution >= 4 is 11.6 Å². The van der Waals surface area contributed by atoms with E-state index >= 15 is 0 Å². The van der Waals surface area contributed by atoms with E-state index in [-0.39, 0.29) is 5.69 Å². The lowest BCUT2D eigenvalue weighted by Crippen LogP contribution is -2.47. The highest BCUT2D eigenvalue weighted by Gasteiger charge is 2.31. The van der Waals surface area contributed by atoms with Gasteiger partial charge in [0.05, 0.1) is 29.5 Å². The number of carbonyl (C=O) groups excluding carboxylic acids is 1. The molecule has 1 amide bonds. The molecule has 153 valence electrons. The molecule has 30 heavy (non-hydrogen) atoms. The Morgan fingerprint density at radius 2 is 2.00 bits per heavy atom. The van der Waals surface area contributed by atoms with Crippen LogP contribution in [0, 0.1) is 13.0 Å². The van der Waals surface area contributed by atoms with Crippen LogP contribution < -0.4 is 10.6 Å². The zero-order valence-electron chi connectivity index (χ0n) is 16.8. The fraction of sp³-hybridized carbons (Fsp3) is 0.381. The molecule has 0 bridgehead atoms. The number of amides is 1. The second kappa shape index (κ2) is 7.49. The molecule has 2 fully saturated rings. The van der Waals surface area contributed by atoms with Gasteiger partial charge in [-0.15, -0.1) is 5.10 Å². The molecule has 0 spiro atoms. The van der Waals surface area contributed by atoms with E-state index in [0.29, 0.717) is 11.4 Å². The first kappa shape index (κ1) is 18.7. The number of aryl methyl sites for hydroxylation is 1. The summed E-state index contributed by atoms with van der Waals surface area (Å²) in [6.45, 7) is 6.03. The SMILES string of the molecule is Cc1nc(C(N)=O)[c]cc1-n1cc(-c2cncc(N3CCN(C4CC4)CC3)c2)nn1. The molecule has 1 saturated carbocycles. The molecule has 5 rings (SSSR count).